The zero-order chi connectivity index (χ0) is 16.8. The maximum atomic E-state index is 13.0. The molecule has 0 fully saturated rings. The Morgan fingerprint density at radius 1 is 1.35 bits per heavy atom. The molecule has 0 spiro atoms. The van der Waals surface area contributed by atoms with Gasteiger partial charge in [0.2, 0.25) is 0 Å². The minimum Gasteiger partial charge on any atom is -0.453 e. The van der Waals surface area contributed by atoms with E-state index in [0.717, 1.165) is 11.3 Å². The zero-order valence-corrected chi connectivity index (χ0v) is 12.7. The number of ether oxygens (including phenoxy) is 3. The van der Waals surface area contributed by atoms with Crippen molar-refractivity contribution in [3.8, 4) is 11.5 Å². The number of carbonyl (C=O) groups is 2. The summed E-state index contributed by atoms with van der Waals surface area (Å²) >= 11 is 1.06. The number of anilines is 1. The van der Waals surface area contributed by atoms with Crippen LogP contribution in [-0.2, 0) is 14.3 Å². The van der Waals surface area contributed by atoms with Crippen LogP contribution in [0.1, 0.15) is 13.8 Å². The van der Waals surface area contributed by atoms with Crippen LogP contribution in [0.3, 0.4) is 0 Å². The summed E-state index contributed by atoms with van der Waals surface area (Å²) in [5.41, 5.74) is 0.366. The third-order valence-electron chi connectivity index (χ3n) is 2.85. The zero-order valence-electron chi connectivity index (χ0n) is 11.9. The molecule has 2 heterocycles. The normalized spacial score (nSPS) is 16.2. The number of nitrogens with zero attached hydrogens (tertiary/aromatic N) is 1. The van der Waals surface area contributed by atoms with Crippen LogP contribution in [0, 0.1) is 0 Å². The van der Waals surface area contributed by atoms with Crippen LogP contribution in [0.4, 0.5) is 13.9 Å². The summed E-state index contributed by atoms with van der Waals surface area (Å²) in [5.74, 6) is -1.36. The Morgan fingerprint density at radius 3 is 2.65 bits per heavy atom. The van der Waals surface area contributed by atoms with Crippen molar-refractivity contribution < 1.29 is 32.6 Å². The molecule has 3 rings (SSSR count). The van der Waals surface area contributed by atoms with Crippen molar-refractivity contribution in [2.24, 2.45) is 0 Å². The van der Waals surface area contributed by atoms with Gasteiger partial charge in [-0.2, -0.15) is 0 Å². The molecule has 1 aliphatic rings. The van der Waals surface area contributed by atoms with Crippen molar-refractivity contribution >= 4 is 38.6 Å². The van der Waals surface area contributed by atoms with Crippen LogP contribution >= 0.6 is 11.3 Å². The highest BCUT2D eigenvalue weighted by Crippen LogP contribution is 2.44. The van der Waals surface area contributed by atoms with Crippen LogP contribution in [-0.4, -0.2) is 29.3 Å². The molecule has 7 nitrogen and oxygen atoms in total. The second kappa shape index (κ2) is 5.30. The summed E-state index contributed by atoms with van der Waals surface area (Å²) in [4.78, 5) is 26.8. The Morgan fingerprint density at radius 2 is 2.00 bits per heavy atom. The van der Waals surface area contributed by atoms with Gasteiger partial charge in [-0.15, -0.1) is 8.78 Å². The first-order valence-corrected chi connectivity index (χ1v) is 7.24. The molecule has 0 bridgehead atoms. The van der Waals surface area contributed by atoms with E-state index in [-0.39, 0.29) is 16.6 Å². The van der Waals surface area contributed by atoms with Gasteiger partial charge in [-0.3, -0.25) is 14.9 Å². The fourth-order valence-corrected chi connectivity index (χ4v) is 2.81. The highest BCUT2D eigenvalue weighted by atomic mass is 32.1. The number of alkyl halides is 2. The molecule has 1 aromatic heterocycles. The van der Waals surface area contributed by atoms with E-state index >= 15 is 0 Å². The van der Waals surface area contributed by atoms with E-state index in [9.17, 15) is 18.4 Å². The summed E-state index contributed by atoms with van der Waals surface area (Å²) in [5, 5.41) is 2.72. The van der Waals surface area contributed by atoms with Gasteiger partial charge in [-0.25, -0.2) is 4.98 Å². The number of fused-ring (bicyclic) bond motifs is 2. The van der Waals surface area contributed by atoms with Crippen molar-refractivity contribution in [3.05, 3.63) is 12.1 Å². The lowest BCUT2D eigenvalue weighted by Crippen LogP contribution is -2.29. The third kappa shape index (κ3) is 3.16. The lowest BCUT2D eigenvalue weighted by molar-refractivity contribution is -0.286. The molecule has 1 N–H and O–H groups in total. The van der Waals surface area contributed by atoms with Crippen molar-refractivity contribution in [1.29, 1.82) is 0 Å². The molecule has 1 aliphatic heterocycles. The largest absolute Gasteiger partial charge is 0.586 e. The third-order valence-corrected chi connectivity index (χ3v) is 3.79. The van der Waals surface area contributed by atoms with E-state index in [4.69, 9.17) is 4.74 Å². The predicted molar refractivity (Wildman–Crippen MR) is 75.7 cm³/mol. The van der Waals surface area contributed by atoms with E-state index in [2.05, 4.69) is 19.8 Å². The van der Waals surface area contributed by atoms with Crippen LogP contribution in [0.2, 0.25) is 0 Å². The summed E-state index contributed by atoms with van der Waals surface area (Å²) in [6, 6.07) is 2.65. The minimum atomic E-state index is -3.69. The molecule has 1 atom stereocenters. The highest BCUT2D eigenvalue weighted by molar-refractivity contribution is 7.22. The van der Waals surface area contributed by atoms with E-state index < -0.39 is 24.3 Å². The van der Waals surface area contributed by atoms with E-state index in [1.54, 1.807) is 0 Å². The Balaban J connectivity index is 1.80. The van der Waals surface area contributed by atoms with E-state index in [1.165, 1.54) is 26.0 Å². The Kier molecular flexibility index (Phi) is 3.55. The van der Waals surface area contributed by atoms with Crippen LogP contribution < -0.4 is 14.8 Å². The molecule has 122 valence electrons. The summed E-state index contributed by atoms with van der Waals surface area (Å²) in [6.45, 7) is 2.61. The second-order valence-corrected chi connectivity index (χ2v) is 5.72. The maximum absolute atomic E-state index is 13.0. The molecule has 0 saturated carbocycles. The number of halogens is 2. The first-order valence-electron chi connectivity index (χ1n) is 6.42. The molecular weight excluding hydrogens is 334 g/mol. The molecule has 10 heteroatoms. The molecule has 1 amide bonds. The fraction of sp³-hybridized carbons (Fsp3) is 0.308. The van der Waals surface area contributed by atoms with Crippen LogP contribution in [0.25, 0.3) is 10.2 Å². The SMILES string of the molecule is CC(=O)O[C@H](C)C(=O)Nc1nc2cc3c(cc2s1)OC(F)(F)O3. The number of nitrogens with one attached hydrogen (secondary N) is 1. The predicted octanol–water partition coefficient (Wildman–Crippen LogP) is 2.51. The molecule has 0 radical (unpaired) electrons. The number of hydrogen-bond donors (Lipinski definition) is 1. The average molecular weight is 344 g/mol. The van der Waals surface area contributed by atoms with Gasteiger partial charge >= 0.3 is 12.3 Å². The van der Waals surface area contributed by atoms with Crippen molar-refractivity contribution in [2.45, 2.75) is 26.2 Å². The summed E-state index contributed by atoms with van der Waals surface area (Å²) < 4.78 is 39.9. The Hall–Kier alpha value is -2.49. The molecule has 0 unspecified atom stereocenters. The number of benzene rings is 1. The summed E-state index contributed by atoms with van der Waals surface area (Å²) in [6.07, 6.45) is -4.67. The standard InChI is InChI=1S/C13H10F2N2O5S/c1-5(20-6(2)18)11(19)17-12-16-7-3-8-9(4-10(7)23-12)22-13(14,15)21-8/h3-5H,1-2H3,(H,16,17,19)/t5-/m1/s1. The van der Waals surface area contributed by atoms with Gasteiger partial charge in [0.1, 0.15) is 0 Å². The molecule has 2 aromatic rings. The number of carbonyl (C=O) groups excluding carboxylic acids is 2. The van der Waals surface area contributed by atoms with Gasteiger partial charge in [0.05, 0.1) is 10.2 Å². The highest BCUT2D eigenvalue weighted by Gasteiger charge is 2.43. The minimum absolute atomic E-state index is 0.0997. The lowest BCUT2D eigenvalue weighted by Gasteiger charge is -2.10. The van der Waals surface area contributed by atoms with Crippen LogP contribution in [0.5, 0.6) is 11.5 Å². The maximum Gasteiger partial charge on any atom is 0.586 e. The van der Waals surface area contributed by atoms with Gasteiger partial charge in [-0.1, -0.05) is 11.3 Å². The fourth-order valence-electron chi connectivity index (χ4n) is 1.94. The molecule has 0 aliphatic carbocycles. The van der Waals surface area contributed by atoms with Gasteiger partial charge in [-0.05, 0) is 6.92 Å². The monoisotopic (exact) mass is 344 g/mol. The van der Waals surface area contributed by atoms with Crippen molar-refractivity contribution in [1.82, 2.24) is 4.98 Å². The van der Waals surface area contributed by atoms with Crippen molar-refractivity contribution in [3.63, 3.8) is 0 Å². The number of hydrogen-bond acceptors (Lipinski definition) is 7. The van der Waals surface area contributed by atoms with Crippen molar-refractivity contribution in [2.75, 3.05) is 5.32 Å². The van der Waals surface area contributed by atoms with E-state index in [0.29, 0.717) is 10.2 Å². The van der Waals surface area contributed by atoms with E-state index in [1.807, 2.05) is 0 Å². The lowest BCUT2D eigenvalue weighted by atomic mass is 10.3. The quantitative estimate of drug-likeness (QED) is 0.861. The number of rotatable bonds is 3. The molecule has 1 aromatic carbocycles. The van der Waals surface area contributed by atoms with Gasteiger partial charge < -0.3 is 14.2 Å². The number of esters is 1. The van der Waals surface area contributed by atoms with Gasteiger partial charge in [0, 0.05) is 19.1 Å². The number of amides is 1. The average Bonchev–Trinajstić information content (AvgIpc) is 2.91. The topological polar surface area (TPSA) is 86.8 Å². The smallest absolute Gasteiger partial charge is 0.453 e. The van der Waals surface area contributed by atoms with Gasteiger partial charge in [0.25, 0.3) is 5.91 Å². The number of thiazole rings is 1. The first kappa shape index (κ1) is 15.4. The summed E-state index contributed by atoms with van der Waals surface area (Å²) in [7, 11) is 0. The van der Waals surface area contributed by atoms with Crippen LogP contribution in [0.15, 0.2) is 12.1 Å². The molecular formula is C13H10F2N2O5S. The van der Waals surface area contributed by atoms with Gasteiger partial charge in [0.15, 0.2) is 22.7 Å². The first-order chi connectivity index (χ1) is 10.7. The second-order valence-electron chi connectivity index (χ2n) is 4.69. The molecule has 23 heavy (non-hydrogen) atoms. The Bertz CT molecular complexity index is 762. The number of aromatic nitrogens is 1. The Labute approximate surface area is 132 Å². The molecule has 0 saturated heterocycles.